The van der Waals surface area contributed by atoms with E-state index in [4.69, 9.17) is 9.15 Å². The third-order valence-electron chi connectivity index (χ3n) is 3.35. The third-order valence-corrected chi connectivity index (χ3v) is 3.35. The van der Waals surface area contributed by atoms with Crippen molar-refractivity contribution < 1.29 is 13.9 Å². The second-order valence-corrected chi connectivity index (χ2v) is 4.95. The Morgan fingerprint density at radius 1 is 1.37 bits per heavy atom. The largest absolute Gasteiger partial charge is 0.465 e. The molecule has 1 fully saturated rings. The van der Waals surface area contributed by atoms with Gasteiger partial charge in [0.1, 0.15) is 11.5 Å². The SMILES string of the molecule is COCCN1CCCN(Cc2ccc(C)o2)CC1=O. The Hall–Kier alpha value is -1.33. The molecule has 0 spiro atoms. The number of carbonyl (C=O) groups is 1. The van der Waals surface area contributed by atoms with Gasteiger partial charge in [0.05, 0.1) is 19.7 Å². The van der Waals surface area contributed by atoms with Crippen LogP contribution in [0.4, 0.5) is 0 Å². The molecule has 1 aliphatic rings. The summed E-state index contributed by atoms with van der Waals surface area (Å²) in [5.74, 6) is 2.02. The molecule has 0 aliphatic carbocycles. The van der Waals surface area contributed by atoms with Gasteiger partial charge in [-0.15, -0.1) is 0 Å². The first-order valence-corrected chi connectivity index (χ1v) is 6.73. The van der Waals surface area contributed by atoms with Crippen LogP contribution in [0.3, 0.4) is 0 Å². The van der Waals surface area contributed by atoms with E-state index in [1.165, 1.54) is 0 Å². The number of carbonyl (C=O) groups excluding carboxylic acids is 1. The van der Waals surface area contributed by atoms with Crippen LogP contribution in [-0.4, -0.2) is 55.6 Å². The van der Waals surface area contributed by atoms with Crippen molar-refractivity contribution in [3.8, 4) is 0 Å². The Morgan fingerprint density at radius 3 is 2.89 bits per heavy atom. The Kier molecular flexibility index (Phi) is 4.99. The summed E-state index contributed by atoms with van der Waals surface area (Å²) in [4.78, 5) is 16.2. The number of nitrogens with zero attached hydrogens (tertiary/aromatic N) is 2. The van der Waals surface area contributed by atoms with Crippen LogP contribution < -0.4 is 0 Å². The number of furan rings is 1. The first-order chi connectivity index (χ1) is 9.19. The van der Waals surface area contributed by atoms with Crippen molar-refractivity contribution in [1.82, 2.24) is 9.80 Å². The summed E-state index contributed by atoms with van der Waals surface area (Å²) in [6, 6.07) is 3.94. The summed E-state index contributed by atoms with van der Waals surface area (Å²) in [6.45, 7) is 6.13. The summed E-state index contributed by atoms with van der Waals surface area (Å²) >= 11 is 0. The first kappa shape index (κ1) is 14.1. The summed E-state index contributed by atoms with van der Waals surface area (Å²) in [7, 11) is 1.66. The van der Waals surface area contributed by atoms with Crippen molar-refractivity contribution in [1.29, 1.82) is 0 Å². The van der Waals surface area contributed by atoms with Crippen LogP contribution in [0, 0.1) is 6.92 Å². The monoisotopic (exact) mass is 266 g/mol. The average molecular weight is 266 g/mol. The summed E-state index contributed by atoms with van der Waals surface area (Å²) < 4.78 is 10.6. The maximum absolute atomic E-state index is 12.1. The van der Waals surface area contributed by atoms with Crippen LogP contribution in [0.25, 0.3) is 0 Å². The second kappa shape index (κ2) is 6.73. The predicted octanol–water partition coefficient (Wildman–Crippen LogP) is 1.27. The fraction of sp³-hybridized carbons (Fsp3) is 0.643. The van der Waals surface area contributed by atoms with Crippen LogP contribution >= 0.6 is 0 Å². The lowest BCUT2D eigenvalue weighted by Gasteiger charge is -2.20. The molecule has 0 bridgehead atoms. The molecule has 0 unspecified atom stereocenters. The molecule has 0 radical (unpaired) electrons. The summed E-state index contributed by atoms with van der Waals surface area (Å²) in [5, 5.41) is 0. The van der Waals surface area contributed by atoms with Crippen LogP contribution in [0.1, 0.15) is 17.9 Å². The maximum atomic E-state index is 12.1. The minimum absolute atomic E-state index is 0.179. The third kappa shape index (κ3) is 4.08. The minimum Gasteiger partial charge on any atom is -0.465 e. The highest BCUT2D eigenvalue weighted by Crippen LogP contribution is 2.12. The molecule has 0 atom stereocenters. The number of aryl methyl sites for hydroxylation is 1. The standard InChI is InChI=1S/C14H22N2O3/c1-12-4-5-13(19-12)10-15-6-3-7-16(8-9-18-2)14(17)11-15/h4-5H,3,6-11H2,1-2H3. The summed E-state index contributed by atoms with van der Waals surface area (Å²) in [5.41, 5.74) is 0. The quantitative estimate of drug-likeness (QED) is 0.805. The van der Waals surface area contributed by atoms with E-state index in [-0.39, 0.29) is 5.91 Å². The molecular formula is C14H22N2O3. The molecule has 1 aromatic heterocycles. The van der Waals surface area contributed by atoms with Crippen LogP contribution in [-0.2, 0) is 16.1 Å². The van der Waals surface area contributed by atoms with E-state index in [2.05, 4.69) is 4.90 Å². The van der Waals surface area contributed by atoms with Crippen molar-refractivity contribution in [2.45, 2.75) is 19.9 Å². The number of rotatable bonds is 5. The molecule has 1 amide bonds. The fourth-order valence-corrected chi connectivity index (χ4v) is 2.34. The van der Waals surface area contributed by atoms with E-state index in [1.807, 2.05) is 24.0 Å². The van der Waals surface area contributed by atoms with Crippen molar-refractivity contribution in [3.63, 3.8) is 0 Å². The number of hydrogen-bond acceptors (Lipinski definition) is 4. The van der Waals surface area contributed by atoms with Gasteiger partial charge in [-0.2, -0.15) is 0 Å². The van der Waals surface area contributed by atoms with Gasteiger partial charge in [0.25, 0.3) is 0 Å². The van der Waals surface area contributed by atoms with Gasteiger partial charge in [-0.1, -0.05) is 0 Å². The van der Waals surface area contributed by atoms with Gasteiger partial charge >= 0.3 is 0 Å². The summed E-state index contributed by atoms with van der Waals surface area (Å²) in [6.07, 6.45) is 0.995. The second-order valence-electron chi connectivity index (χ2n) is 4.95. The molecule has 1 aromatic rings. The maximum Gasteiger partial charge on any atom is 0.236 e. The van der Waals surface area contributed by atoms with Gasteiger partial charge in [0.15, 0.2) is 0 Å². The van der Waals surface area contributed by atoms with Crippen LogP contribution in [0.15, 0.2) is 16.5 Å². The van der Waals surface area contributed by atoms with E-state index in [1.54, 1.807) is 7.11 Å². The molecule has 19 heavy (non-hydrogen) atoms. The highest BCUT2D eigenvalue weighted by molar-refractivity contribution is 5.78. The zero-order chi connectivity index (χ0) is 13.7. The minimum atomic E-state index is 0.179. The zero-order valence-corrected chi connectivity index (χ0v) is 11.7. The lowest BCUT2D eigenvalue weighted by atomic mass is 10.3. The van der Waals surface area contributed by atoms with Crippen LogP contribution in [0.2, 0.25) is 0 Å². The van der Waals surface area contributed by atoms with E-state index < -0.39 is 0 Å². The highest BCUT2D eigenvalue weighted by atomic mass is 16.5. The van der Waals surface area contributed by atoms with Crippen molar-refractivity contribution >= 4 is 5.91 Å². The average Bonchev–Trinajstić information content (AvgIpc) is 2.69. The molecule has 2 rings (SSSR count). The highest BCUT2D eigenvalue weighted by Gasteiger charge is 2.21. The van der Waals surface area contributed by atoms with E-state index in [0.717, 1.165) is 31.0 Å². The topological polar surface area (TPSA) is 45.9 Å². The molecule has 0 saturated carbocycles. The van der Waals surface area contributed by atoms with E-state index in [0.29, 0.717) is 26.2 Å². The molecule has 106 valence electrons. The Labute approximate surface area is 114 Å². The number of hydrogen-bond donors (Lipinski definition) is 0. The number of amides is 1. The first-order valence-electron chi connectivity index (χ1n) is 6.73. The van der Waals surface area contributed by atoms with Gasteiger partial charge < -0.3 is 14.1 Å². The van der Waals surface area contributed by atoms with Crippen molar-refractivity contribution in [2.24, 2.45) is 0 Å². The van der Waals surface area contributed by atoms with E-state index >= 15 is 0 Å². The Balaban J connectivity index is 1.89. The molecule has 5 nitrogen and oxygen atoms in total. The molecule has 0 N–H and O–H groups in total. The van der Waals surface area contributed by atoms with Gasteiger partial charge in [0, 0.05) is 26.7 Å². The number of ether oxygens (including phenoxy) is 1. The lowest BCUT2D eigenvalue weighted by molar-refractivity contribution is -0.131. The molecule has 1 saturated heterocycles. The molecular weight excluding hydrogens is 244 g/mol. The van der Waals surface area contributed by atoms with Crippen molar-refractivity contribution in [3.05, 3.63) is 23.7 Å². The molecule has 1 aliphatic heterocycles. The Morgan fingerprint density at radius 2 is 2.21 bits per heavy atom. The normalized spacial score (nSPS) is 17.8. The smallest absolute Gasteiger partial charge is 0.236 e. The number of methoxy groups -OCH3 is 1. The van der Waals surface area contributed by atoms with Gasteiger partial charge in [-0.05, 0) is 25.5 Å². The van der Waals surface area contributed by atoms with Gasteiger partial charge in [-0.25, -0.2) is 0 Å². The fourth-order valence-electron chi connectivity index (χ4n) is 2.34. The molecule has 0 aromatic carbocycles. The van der Waals surface area contributed by atoms with Crippen molar-refractivity contribution in [2.75, 3.05) is 39.9 Å². The van der Waals surface area contributed by atoms with Gasteiger partial charge in [-0.3, -0.25) is 9.69 Å². The van der Waals surface area contributed by atoms with Crippen LogP contribution in [0.5, 0.6) is 0 Å². The Bertz CT molecular complexity index is 417. The molecule has 5 heteroatoms. The van der Waals surface area contributed by atoms with Gasteiger partial charge in [0.2, 0.25) is 5.91 Å². The molecule has 2 heterocycles. The zero-order valence-electron chi connectivity index (χ0n) is 11.7. The lowest BCUT2D eigenvalue weighted by Crippen LogP contribution is -2.38. The van der Waals surface area contributed by atoms with E-state index in [9.17, 15) is 4.79 Å². The predicted molar refractivity (Wildman–Crippen MR) is 71.8 cm³/mol.